The van der Waals surface area contributed by atoms with Crippen molar-refractivity contribution in [3.05, 3.63) is 40.2 Å². The molecule has 0 aromatic carbocycles. The molecule has 1 N–H and O–H groups in total. The molecule has 0 amide bonds. The molecule has 0 radical (unpaired) electrons. The molecule has 102 valence electrons. The topological polar surface area (TPSA) is 41.0 Å². The summed E-state index contributed by atoms with van der Waals surface area (Å²) in [6.45, 7) is 4.77. The maximum Gasteiger partial charge on any atom is 0.150 e. The largest absolute Gasteiger partial charge is 0.358 e. The summed E-state index contributed by atoms with van der Waals surface area (Å²) in [5, 5.41) is 13.9. The first-order valence-electron chi connectivity index (χ1n) is 6.56. The first-order valence-corrected chi connectivity index (χ1v) is 7.44. The third-order valence-corrected chi connectivity index (χ3v) is 3.86. The number of rotatable bonds is 7. The molecule has 0 fully saturated rings. The highest BCUT2D eigenvalue weighted by molar-refractivity contribution is 7.09. The molecule has 0 saturated heterocycles. The van der Waals surface area contributed by atoms with Crippen molar-refractivity contribution < 1.29 is 0 Å². The minimum atomic E-state index is 0.780. The zero-order chi connectivity index (χ0) is 13.5. The van der Waals surface area contributed by atoms with Crippen molar-refractivity contribution in [3.8, 4) is 0 Å². The van der Waals surface area contributed by atoms with E-state index >= 15 is 0 Å². The smallest absolute Gasteiger partial charge is 0.150 e. The molecule has 19 heavy (non-hydrogen) atoms. The molecule has 2 heterocycles. The maximum atomic E-state index is 4.27. The van der Waals surface area contributed by atoms with Gasteiger partial charge in [0.15, 0.2) is 5.82 Å². The maximum absolute atomic E-state index is 4.27. The fraction of sp³-hybridized carbons (Fsp3) is 0.429. The molecule has 2 aromatic rings. The van der Waals surface area contributed by atoms with Crippen LogP contribution in [0.1, 0.15) is 17.5 Å². The van der Waals surface area contributed by atoms with Gasteiger partial charge in [0, 0.05) is 25.0 Å². The standard InChI is InChI=1S/C14H20N4S/c1-3-15-11-12-6-7-14(17-16-12)18(2)9-8-13-5-4-10-19-13/h4-7,10,15H,3,8-9,11H2,1-2H3. The number of anilines is 1. The van der Waals surface area contributed by atoms with Gasteiger partial charge in [0.05, 0.1) is 5.69 Å². The highest BCUT2D eigenvalue weighted by Crippen LogP contribution is 2.12. The number of nitrogens with zero attached hydrogens (tertiary/aromatic N) is 3. The van der Waals surface area contributed by atoms with Gasteiger partial charge < -0.3 is 10.2 Å². The van der Waals surface area contributed by atoms with Crippen LogP contribution in [0.4, 0.5) is 5.82 Å². The van der Waals surface area contributed by atoms with E-state index in [1.165, 1.54) is 4.88 Å². The Kier molecular flexibility index (Phi) is 5.30. The van der Waals surface area contributed by atoms with Crippen LogP contribution in [0.15, 0.2) is 29.6 Å². The predicted octanol–water partition coefficient (Wildman–Crippen LogP) is 2.33. The lowest BCUT2D eigenvalue weighted by atomic mass is 10.3. The van der Waals surface area contributed by atoms with Crippen LogP contribution < -0.4 is 10.2 Å². The van der Waals surface area contributed by atoms with Crippen LogP contribution >= 0.6 is 11.3 Å². The molecule has 0 aliphatic rings. The van der Waals surface area contributed by atoms with Gasteiger partial charge in [-0.1, -0.05) is 13.0 Å². The van der Waals surface area contributed by atoms with Crippen molar-refractivity contribution in [1.82, 2.24) is 15.5 Å². The molecule has 4 nitrogen and oxygen atoms in total. The van der Waals surface area contributed by atoms with Gasteiger partial charge >= 0.3 is 0 Å². The highest BCUT2D eigenvalue weighted by Gasteiger charge is 2.04. The summed E-state index contributed by atoms with van der Waals surface area (Å²) in [6, 6.07) is 8.33. The summed E-state index contributed by atoms with van der Waals surface area (Å²) < 4.78 is 0. The van der Waals surface area contributed by atoms with Gasteiger partial charge in [0.2, 0.25) is 0 Å². The van der Waals surface area contributed by atoms with E-state index in [-0.39, 0.29) is 0 Å². The van der Waals surface area contributed by atoms with Gasteiger partial charge in [0.25, 0.3) is 0 Å². The van der Waals surface area contributed by atoms with Gasteiger partial charge in [0.1, 0.15) is 0 Å². The van der Waals surface area contributed by atoms with Crippen LogP contribution in [0.5, 0.6) is 0 Å². The third kappa shape index (κ3) is 4.29. The molecule has 0 saturated carbocycles. The van der Waals surface area contributed by atoms with Crippen LogP contribution in [0.25, 0.3) is 0 Å². The minimum absolute atomic E-state index is 0.780. The van der Waals surface area contributed by atoms with Crippen molar-refractivity contribution in [2.45, 2.75) is 19.9 Å². The van der Waals surface area contributed by atoms with Crippen molar-refractivity contribution in [1.29, 1.82) is 0 Å². The Balaban J connectivity index is 1.86. The van der Waals surface area contributed by atoms with E-state index in [4.69, 9.17) is 0 Å². The number of thiophene rings is 1. The Labute approximate surface area is 118 Å². The van der Waals surface area contributed by atoms with Gasteiger partial charge in [-0.25, -0.2) is 0 Å². The van der Waals surface area contributed by atoms with Crippen LogP contribution in [-0.2, 0) is 13.0 Å². The Hall–Kier alpha value is -1.46. The van der Waals surface area contributed by atoms with Gasteiger partial charge in [-0.15, -0.1) is 16.4 Å². The number of likely N-dealkylation sites (N-methyl/N-ethyl adjacent to an activating group) is 1. The number of aromatic nitrogens is 2. The third-order valence-electron chi connectivity index (χ3n) is 2.93. The van der Waals surface area contributed by atoms with Crippen molar-refractivity contribution >= 4 is 17.2 Å². The van der Waals surface area contributed by atoms with Crippen molar-refractivity contribution in [2.24, 2.45) is 0 Å². The van der Waals surface area contributed by atoms with Crippen LogP contribution in [-0.4, -0.2) is 30.3 Å². The lowest BCUT2D eigenvalue weighted by Gasteiger charge is -2.17. The molecular formula is C14H20N4S. The van der Waals surface area contributed by atoms with Gasteiger partial charge in [-0.05, 0) is 36.5 Å². The lowest BCUT2D eigenvalue weighted by Crippen LogP contribution is -2.22. The normalized spacial score (nSPS) is 10.6. The average Bonchev–Trinajstić information content (AvgIpc) is 2.96. The fourth-order valence-corrected chi connectivity index (χ4v) is 2.45. The molecule has 0 spiro atoms. The van der Waals surface area contributed by atoms with Crippen molar-refractivity contribution in [2.75, 3.05) is 25.0 Å². The molecular weight excluding hydrogens is 256 g/mol. The first-order chi connectivity index (χ1) is 9.29. The van der Waals surface area contributed by atoms with E-state index in [0.717, 1.165) is 37.6 Å². The highest BCUT2D eigenvalue weighted by atomic mass is 32.1. The molecule has 0 atom stereocenters. The first kappa shape index (κ1) is 14.0. The van der Waals surface area contributed by atoms with Gasteiger partial charge in [-0.3, -0.25) is 0 Å². The van der Waals surface area contributed by atoms with E-state index in [0.29, 0.717) is 0 Å². The van der Waals surface area contributed by atoms with E-state index in [1.807, 2.05) is 12.1 Å². The van der Waals surface area contributed by atoms with Gasteiger partial charge in [-0.2, -0.15) is 5.10 Å². The monoisotopic (exact) mass is 276 g/mol. The molecule has 0 unspecified atom stereocenters. The summed E-state index contributed by atoms with van der Waals surface area (Å²) in [4.78, 5) is 3.55. The Bertz CT molecular complexity index is 467. The van der Waals surface area contributed by atoms with E-state index in [2.05, 4.69) is 51.9 Å². The molecule has 2 aromatic heterocycles. The summed E-state index contributed by atoms with van der Waals surface area (Å²) in [7, 11) is 2.06. The SMILES string of the molecule is CCNCc1ccc(N(C)CCc2cccs2)nn1. The summed E-state index contributed by atoms with van der Waals surface area (Å²) >= 11 is 1.80. The number of nitrogens with one attached hydrogen (secondary N) is 1. The minimum Gasteiger partial charge on any atom is -0.358 e. The fourth-order valence-electron chi connectivity index (χ4n) is 1.75. The van der Waals surface area contributed by atoms with Crippen LogP contribution in [0.2, 0.25) is 0 Å². The van der Waals surface area contributed by atoms with Crippen molar-refractivity contribution in [3.63, 3.8) is 0 Å². The van der Waals surface area contributed by atoms with Crippen LogP contribution in [0, 0.1) is 0 Å². The average molecular weight is 276 g/mol. The quantitative estimate of drug-likeness (QED) is 0.842. The second-order valence-corrected chi connectivity index (χ2v) is 5.45. The molecule has 0 bridgehead atoms. The molecule has 0 aliphatic heterocycles. The Morgan fingerprint density at radius 3 is 2.79 bits per heavy atom. The predicted molar refractivity (Wildman–Crippen MR) is 80.7 cm³/mol. The second-order valence-electron chi connectivity index (χ2n) is 4.41. The second kappa shape index (κ2) is 7.21. The number of hydrogen-bond acceptors (Lipinski definition) is 5. The van der Waals surface area contributed by atoms with E-state index in [9.17, 15) is 0 Å². The summed E-state index contributed by atoms with van der Waals surface area (Å²) in [5.74, 6) is 0.928. The zero-order valence-corrected chi connectivity index (χ0v) is 12.3. The van der Waals surface area contributed by atoms with E-state index in [1.54, 1.807) is 11.3 Å². The molecule has 5 heteroatoms. The number of hydrogen-bond donors (Lipinski definition) is 1. The molecule has 0 aliphatic carbocycles. The summed E-state index contributed by atoms with van der Waals surface area (Å²) in [6.07, 6.45) is 1.05. The lowest BCUT2D eigenvalue weighted by molar-refractivity contribution is 0.696. The Morgan fingerprint density at radius 2 is 2.16 bits per heavy atom. The summed E-state index contributed by atoms with van der Waals surface area (Å²) in [5.41, 5.74) is 0.984. The van der Waals surface area contributed by atoms with Crippen LogP contribution in [0.3, 0.4) is 0 Å². The molecule has 2 rings (SSSR count). The zero-order valence-electron chi connectivity index (χ0n) is 11.5. The Morgan fingerprint density at radius 1 is 1.26 bits per heavy atom. The van der Waals surface area contributed by atoms with E-state index < -0.39 is 0 Å².